The zero-order valence-corrected chi connectivity index (χ0v) is 17.4. The molecule has 5 heteroatoms. The summed E-state index contributed by atoms with van der Waals surface area (Å²) in [5, 5.41) is 5.91. The molecule has 0 aromatic heterocycles. The molecule has 0 bridgehead atoms. The van der Waals surface area contributed by atoms with Gasteiger partial charge < -0.3 is 15.4 Å². The topological polar surface area (TPSA) is 54.9 Å². The molecule has 0 saturated heterocycles. The molecule has 0 aliphatic carbocycles. The number of amides is 1. The van der Waals surface area contributed by atoms with E-state index >= 15 is 0 Å². The van der Waals surface area contributed by atoms with Crippen LogP contribution in [0.1, 0.15) is 35.7 Å². The van der Waals surface area contributed by atoms with E-state index in [-0.39, 0.29) is 18.0 Å². The highest BCUT2D eigenvalue weighted by Crippen LogP contribution is 2.24. The Morgan fingerprint density at radius 3 is 2.14 bits per heavy atom. The van der Waals surface area contributed by atoms with Crippen LogP contribution < -0.4 is 15.4 Å². The predicted octanol–water partition coefficient (Wildman–Crippen LogP) is 3.88. The number of ether oxygens (including phenoxy) is 1. The summed E-state index contributed by atoms with van der Waals surface area (Å²) in [5.41, 5.74) is 3.19. The van der Waals surface area contributed by atoms with Gasteiger partial charge in [-0.25, -0.2) is 0 Å². The minimum atomic E-state index is -0.214. The van der Waals surface area contributed by atoms with Crippen molar-refractivity contribution in [2.75, 3.05) is 13.7 Å². The maximum Gasteiger partial charge on any atom is 0.275 e. The summed E-state index contributed by atoms with van der Waals surface area (Å²) in [5.74, 6) is 0.771. The molecule has 29 heavy (non-hydrogen) atoms. The van der Waals surface area contributed by atoms with Crippen LogP contribution in [0, 0.1) is 0 Å². The molecule has 0 radical (unpaired) electrons. The van der Waals surface area contributed by atoms with E-state index in [9.17, 15) is 4.79 Å². The average Bonchev–Trinajstić information content (AvgIpc) is 2.77. The summed E-state index contributed by atoms with van der Waals surface area (Å²) >= 11 is 5.95. The van der Waals surface area contributed by atoms with E-state index < -0.39 is 0 Å². The van der Waals surface area contributed by atoms with Crippen LogP contribution in [-0.2, 0) is 4.79 Å². The van der Waals surface area contributed by atoms with Gasteiger partial charge in [0, 0.05) is 10.6 Å². The molecule has 3 rings (SSSR count). The monoisotopic (exact) mass is 409 g/mol. The number of carbonyl (C=O) groups is 1. The molecule has 0 fully saturated rings. The molecule has 3 aromatic carbocycles. The summed E-state index contributed by atoms with van der Waals surface area (Å²) in [6.45, 7) is 2.41. The Labute approximate surface area is 176 Å². The van der Waals surface area contributed by atoms with E-state index in [2.05, 4.69) is 12.2 Å². The molecule has 0 spiro atoms. The van der Waals surface area contributed by atoms with Gasteiger partial charge in [-0.1, -0.05) is 66.2 Å². The molecule has 0 aliphatic heterocycles. The second-order valence-corrected chi connectivity index (χ2v) is 7.40. The summed E-state index contributed by atoms with van der Waals surface area (Å²) in [6, 6.07) is 25.4. The number of quaternary nitrogens is 1. The normalized spacial score (nSPS) is 12.8. The highest BCUT2D eigenvalue weighted by Gasteiger charge is 2.19. The summed E-state index contributed by atoms with van der Waals surface area (Å²) in [7, 11) is 1.64. The molecule has 1 amide bonds. The van der Waals surface area contributed by atoms with Crippen molar-refractivity contribution in [3.63, 3.8) is 0 Å². The van der Waals surface area contributed by atoms with Gasteiger partial charge in [-0.15, -0.1) is 0 Å². The van der Waals surface area contributed by atoms with Crippen molar-refractivity contribution in [1.29, 1.82) is 0 Å². The molecule has 150 valence electrons. The molecule has 0 unspecified atom stereocenters. The quantitative estimate of drug-likeness (QED) is 0.593. The highest BCUT2D eigenvalue weighted by molar-refractivity contribution is 6.30. The number of methoxy groups -OCH3 is 1. The Morgan fingerprint density at radius 1 is 0.931 bits per heavy atom. The van der Waals surface area contributed by atoms with Crippen LogP contribution in [0.3, 0.4) is 0 Å². The van der Waals surface area contributed by atoms with Crippen molar-refractivity contribution in [2.45, 2.75) is 19.0 Å². The minimum Gasteiger partial charge on any atom is -0.497 e. The molecule has 0 aliphatic rings. The lowest BCUT2D eigenvalue weighted by atomic mass is 9.98. The third-order valence-corrected chi connectivity index (χ3v) is 5.19. The summed E-state index contributed by atoms with van der Waals surface area (Å²) < 4.78 is 5.25. The van der Waals surface area contributed by atoms with Crippen LogP contribution in [0.15, 0.2) is 78.9 Å². The third kappa shape index (κ3) is 5.83. The number of nitrogens with one attached hydrogen (secondary N) is 1. The molecule has 0 saturated carbocycles. The van der Waals surface area contributed by atoms with E-state index in [1.54, 1.807) is 7.11 Å². The molecule has 2 atom stereocenters. The minimum absolute atomic E-state index is 0.0181. The second kappa shape index (κ2) is 10.1. The number of hydrogen-bond acceptors (Lipinski definition) is 2. The predicted molar refractivity (Wildman–Crippen MR) is 116 cm³/mol. The number of benzene rings is 3. The average molecular weight is 410 g/mol. The molecule has 3 N–H and O–H groups in total. The zero-order valence-electron chi connectivity index (χ0n) is 16.6. The van der Waals surface area contributed by atoms with Gasteiger partial charge in [0.2, 0.25) is 0 Å². The van der Waals surface area contributed by atoms with Crippen LogP contribution in [-0.4, -0.2) is 19.6 Å². The molecule has 4 nitrogen and oxygen atoms in total. The van der Waals surface area contributed by atoms with Crippen molar-refractivity contribution < 1.29 is 14.8 Å². The van der Waals surface area contributed by atoms with Crippen LogP contribution in [0.4, 0.5) is 0 Å². The summed E-state index contributed by atoms with van der Waals surface area (Å²) in [6.07, 6.45) is 0. The molecular weight excluding hydrogens is 384 g/mol. The molecular formula is C24H26ClN2O2+. The third-order valence-electron chi connectivity index (χ3n) is 4.94. The first-order chi connectivity index (χ1) is 14.1. The van der Waals surface area contributed by atoms with Gasteiger partial charge >= 0.3 is 0 Å². The van der Waals surface area contributed by atoms with Gasteiger partial charge in [0.05, 0.1) is 13.2 Å². The Bertz CT molecular complexity index is 912. The largest absolute Gasteiger partial charge is 0.497 e. The maximum absolute atomic E-state index is 12.7. The molecule has 0 heterocycles. The maximum atomic E-state index is 12.7. The van der Waals surface area contributed by atoms with Crippen molar-refractivity contribution in [2.24, 2.45) is 0 Å². The smallest absolute Gasteiger partial charge is 0.275 e. The van der Waals surface area contributed by atoms with E-state index in [4.69, 9.17) is 16.3 Å². The summed E-state index contributed by atoms with van der Waals surface area (Å²) in [4.78, 5) is 12.7. The van der Waals surface area contributed by atoms with E-state index in [0.717, 1.165) is 22.4 Å². The first kappa shape index (κ1) is 20.9. The van der Waals surface area contributed by atoms with Crippen molar-refractivity contribution >= 4 is 17.5 Å². The van der Waals surface area contributed by atoms with Gasteiger partial charge in [-0.05, 0) is 42.3 Å². The van der Waals surface area contributed by atoms with Crippen LogP contribution >= 0.6 is 11.6 Å². The number of rotatable bonds is 8. The van der Waals surface area contributed by atoms with E-state index in [0.29, 0.717) is 11.6 Å². The fourth-order valence-electron chi connectivity index (χ4n) is 3.21. The molecule has 3 aromatic rings. The fraction of sp³-hybridized carbons (Fsp3) is 0.208. The van der Waals surface area contributed by atoms with Crippen LogP contribution in [0.5, 0.6) is 5.75 Å². The van der Waals surface area contributed by atoms with Gasteiger partial charge in [0.1, 0.15) is 11.8 Å². The standard InChI is InChI=1S/C24H25ClN2O2/c1-17(18-8-12-21(25)13-9-18)26-16-23(28)27-24(19-6-4-3-5-7-19)20-10-14-22(29-2)15-11-20/h3-15,17,24,26H,16H2,1-2H3,(H,27,28)/p+1/t17-,24-/m0/s1. The SMILES string of the molecule is COc1ccc([C@@H](NC(=O)C[NH2+][C@@H](C)c2ccc(Cl)cc2)c2ccccc2)cc1. The number of nitrogens with two attached hydrogens (primary N) is 1. The van der Waals surface area contributed by atoms with Gasteiger partial charge in [0.25, 0.3) is 5.91 Å². The van der Waals surface area contributed by atoms with Gasteiger partial charge in [-0.2, -0.15) is 0 Å². The van der Waals surface area contributed by atoms with Gasteiger partial charge in [0.15, 0.2) is 6.54 Å². The van der Waals surface area contributed by atoms with E-state index in [1.807, 2.05) is 84.2 Å². The van der Waals surface area contributed by atoms with E-state index in [1.165, 1.54) is 0 Å². The number of carbonyl (C=O) groups excluding carboxylic acids is 1. The Kier molecular flexibility index (Phi) is 7.28. The Balaban J connectivity index is 1.68. The lowest BCUT2D eigenvalue weighted by Gasteiger charge is -2.20. The van der Waals surface area contributed by atoms with Gasteiger partial charge in [-0.3, -0.25) is 4.79 Å². The van der Waals surface area contributed by atoms with Crippen molar-refractivity contribution in [3.05, 3.63) is 101 Å². The lowest BCUT2D eigenvalue weighted by Crippen LogP contribution is -2.87. The fourth-order valence-corrected chi connectivity index (χ4v) is 3.33. The van der Waals surface area contributed by atoms with Crippen molar-refractivity contribution in [1.82, 2.24) is 5.32 Å². The lowest BCUT2D eigenvalue weighted by molar-refractivity contribution is -0.682. The number of hydrogen-bond donors (Lipinski definition) is 2. The Hall–Kier alpha value is -2.82. The van der Waals surface area contributed by atoms with Crippen LogP contribution in [0.2, 0.25) is 5.02 Å². The first-order valence-corrected chi connectivity index (χ1v) is 10.0. The highest BCUT2D eigenvalue weighted by atomic mass is 35.5. The van der Waals surface area contributed by atoms with Crippen LogP contribution in [0.25, 0.3) is 0 Å². The zero-order chi connectivity index (χ0) is 20.6. The number of halogens is 1. The second-order valence-electron chi connectivity index (χ2n) is 6.96. The Morgan fingerprint density at radius 2 is 1.52 bits per heavy atom. The van der Waals surface area contributed by atoms with Crippen molar-refractivity contribution in [3.8, 4) is 5.75 Å². The first-order valence-electron chi connectivity index (χ1n) is 9.64.